The van der Waals surface area contributed by atoms with Gasteiger partial charge in [0.1, 0.15) is 23.6 Å². The molecule has 0 radical (unpaired) electrons. The average Bonchev–Trinajstić information content (AvgIpc) is 3.11. The highest BCUT2D eigenvalue weighted by molar-refractivity contribution is 7.91. The molecule has 12 heteroatoms. The maximum Gasteiger partial charge on any atom is 0.416 e. The smallest absolute Gasteiger partial charge is 0.416 e. The van der Waals surface area contributed by atoms with Crippen LogP contribution in [0.5, 0.6) is 11.5 Å². The van der Waals surface area contributed by atoms with Crippen LogP contribution in [0.25, 0.3) is 0 Å². The van der Waals surface area contributed by atoms with Crippen molar-refractivity contribution in [1.29, 1.82) is 0 Å². The van der Waals surface area contributed by atoms with E-state index < -0.39 is 45.3 Å². The zero-order chi connectivity index (χ0) is 24.4. The fourth-order valence-electron chi connectivity index (χ4n) is 3.22. The molecule has 1 heterocycles. The van der Waals surface area contributed by atoms with Crippen molar-refractivity contribution in [3.8, 4) is 11.5 Å². The Morgan fingerprint density at radius 1 is 1.15 bits per heavy atom. The van der Waals surface area contributed by atoms with Crippen molar-refractivity contribution in [1.82, 2.24) is 5.06 Å². The lowest BCUT2D eigenvalue weighted by molar-refractivity contribution is -0.182. The quantitative estimate of drug-likeness (QED) is 0.343. The fourth-order valence-corrected chi connectivity index (χ4v) is 4.78. The molecule has 1 aliphatic heterocycles. The molecular weight excluding hydrogens is 467 g/mol. The third kappa shape index (κ3) is 6.22. The normalized spacial score (nSPS) is 19.2. The number of alkyl halides is 3. The molecule has 0 aromatic heterocycles. The van der Waals surface area contributed by atoms with Gasteiger partial charge in [-0.1, -0.05) is 0 Å². The van der Waals surface area contributed by atoms with E-state index in [1.807, 2.05) is 0 Å². The van der Waals surface area contributed by atoms with Crippen molar-refractivity contribution in [2.75, 3.05) is 12.4 Å². The summed E-state index contributed by atoms with van der Waals surface area (Å²) in [4.78, 5) is 11.0. The van der Waals surface area contributed by atoms with E-state index in [0.29, 0.717) is 0 Å². The van der Waals surface area contributed by atoms with Gasteiger partial charge in [0.25, 0.3) is 0 Å². The third-order valence-electron chi connectivity index (χ3n) is 4.90. The summed E-state index contributed by atoms with van der Waals surface area (Å²) in [6, 6.07) is 8.03. The van der Waals surface area contributed by atoms with E-state index in [0.717, 1.165) is 24.3 Å². The molecule has 3 rings (SSSR count). The zero-order valence-corrected chi connectivity index (χ0v) is 18.5. The number of ether oxygens (including phenoxy) is 3. The van der Waals surface area contributed by atoms with E-state index in [9.17, 15) is 31.6 Å². The predicted octanol–water partition coefficient (Wildman–Crippen LogP) is 3.64. The summed E-state index contributed by atoms with van der Waals surface area (Å²) >= 11 is 0. The molecule has 0 aliphatic carbocycles. The molecule has 1 saturated heterocycles. The van der Waals surface area contributed by atoms with Gasteiger partial charge in [0, 0.05) is 0 Å². The Kier molecular flexibility index (Phi) is 7.03. The van der Waals surface area contributed by atoms with Gasteiger partial charge < -0.3 is 14.2 Å². The highest BCUT2D eigenvalue weighted by Crippen LogP contribution is 2.32. The Hall–Kier alpha value is -2.67. The number of amides is 1. The zero-order valence-electron chi connectivity index (χ0n) is 17.7. The Morgan fingerprint density at radius 3 is 2.15 bits per heavy atom. The van der Waals surface area contributed by atoms with E-state index in [1.54, 1.807) is 13.8 Å². The maximum atomic E-state index is 12.9. The molecule has 2 aromatic carbocycles. The van der Waals surface area contributed by atoms with Crippen LogP contribution in [0.3, 0.4) is 0 Å². The molecule has 0 spiro atoms. The number of sulfone groups is 1. The van der Waals surface area contributed by atoms with Crippen molar-refractivity contribution in [3.05, 3.63) is 54.1 Å². The first-order valence-corrected chi connectivity index (χ1v) is 11.4. The fraction of sp³-hybridized carbons (Fsp3) is 0.381. The molecule has 180 valence electrons. The Morgan fingerprint density at radius 2 is 1.70 bits per heavy atom. The van der Waals surface area contributed by atoms with Crippen LogP contribution in [0.2, 0.25) is 0 Å². The van der Waals surface area contributed by atoms with E-state index in [4.69, 9.17) is 14.2 Å². The monoisotopic (exact) mass is 489 g/mol. The van der Waals surface area contributed by atoms with Crippen LogP contribution < -0.4 is 4.74 Å². The number of hydrogen-bond acceptors (Lipinski definition) is 7. The molecule has 0 saturated carbocycles. The van der Waals surface area contributed by atoms with Crippen molar-refractivity contribution in [3.63, 3.8) is 0 Å². The second-order valence-electron chi connectivity index (χ2n) is 7.80. The minimum Gasteiger partial charge on any atom is -0.457 e. The van der Waals surface area contributed by atoms with Crippen molar-refractivity contribution < 1.29 is 45.8 Å². The van der Waals surface area contributed by atoms with E-state index >= 15 is 0 Å². The largest absolute Gasteiger partial charge is 0.457 e. The molecular formula is C21H22F3NO7S. The Balaban J connectivity index is 1.72. The molecule has 8 nitrogen and oxygen atoms in total. The van der Waals surface area contributed by atoms with Gasteiger partial charge in [-0.05, 0) is 62.4 Å². The van der Waals surface area contributed by atoms with Crippen molar-refractivity contribution in [2.45, 2.75) is 42.9 Å². The lowest BCUT2D eigenvalue weighted by atomic mass is 10.2. The number of nitrogens with zero attached hydrogens (tertiary/aromatic N) is 1. The second kappa shape index (κ2) is 9.29. The van der Waals surface area contributed by atoms with Gasteiger partial charge in [0.2, 0.25) is 6.41 Å². The first kappa shape index (κ1) is 25.0. The van der Waals surface area contributed by atoms with Gasteiger partial charge in [-0.25, -0.2) is 13.5 Å². The summed E-state index contributed by atoms with van der Waals surface area (Å²) in [6.07, 6.45) is -5.24. The molecule has 2 atom stereocenters. The standard InChI is InChI=1S/C21H22F3NO7S/c1-20(2)30-11-19(32-20)18(25(27)13-26)12-33(28,29)17-9-7-16(8-10-17)31-15-5-3-14(4-6-15)21(22,23)24/h3-10,13,18-19,27H,11-12H2,1-2H3/t18-,19-/m1/s1. The van der Waals surface area contributed by atoms with Gasteiger partial charge in [0.15, 0.2) is 15.6 Å². The van der Waals surface area contributed by atoms with Gasteiger partial charge >= 0.3 is 6.18 Å². The molecule has 0 unspecified atom stereocenters. The van der Waals surface area contributed by atoms with Crippen LogP contribution in [0.1, 0.15) is 19.4 Å². The predicted molar refractivity (Wildman–Crippen MR) is 108 cm³/mol. The first-order chi connectivity index (χ1) is 15.3. The van der Waals surface area contributed by atoms with Gasteiger partial charge in [-0.15, -0.1) is 0 Å². The molecule has 1 fully saturated rings. The summed E-state index contributed by atoms with van der Waals surface area (Å²) in [5.74, 6) is -1.28. The Bertz CT molecular complexity index is 1070. The third-order valence-corrected chi connectivity index (χ3v) is 6.67. The number of hydrogen-bond donors (Lipinski definition) is 1. The van der Waals surface area contributed by atoms with E-state index in [1.165, 1.54) is 24.3 Å². The van der Waals surface area contributed by atoms with Crippen LogP contribution in [0.15, 0.2) is 53.4 Å². The molecule has 0 bridgehead atoms. The van der Waals surface area contributed by atoms with Crippen molar-refractivity contribution >= 4 is 16.2 Å². The lowest BCUT2D eigenvalue weighted by Crippen LogP contribution is -2.47. The SMILES string of the molecule is CC1(C)OC[C@H]([C@@H](CS(=O)(=O)c2ccc(Oc3ccc(C(F)(F)F)cc3)cc2)N(O)C=O)O1. The number of rotatable bonds is 8. The first-order valence-electron chi connectivity index (χ1n) is 9.73. The van der Waals surface area contributed by atoms with Crippen LogP contribution in [0, 0.1) is 0 Å². The molecule has 2 aromatic rings. The number of carbonyl (C=O) groups excluding carboxylic acids is 1. The van der Waals surface area contributed by atoms with Crippen LogP contribution >= 0.6 is 0 Å². The molecule has 1 N–H and O–H groups in total. The van der Waals surface area contributed by atoms with E-state index in [-0.39, 0.29) is 34.5 Å². The topological polar surface area (TPSA) is 102 Å². The number of halogens is 3. The summed E-state index contributed by atoms with van der Waals surface area (Å²) < 4.78 is 80.2. The maximum absolute atomic E-state index is 12.9. The number of carbonyl (C=O) groups is 1. The van der Waals surface area contributed by atoms with Gasteiger partial charge in [-0.2, -0.15) is 13.2 Å². The van der Waals surface area contributed by atoms with Gasteiger partial charge in [-0.3, -0.25) is 10.0 Å². The minimum absolute atomic E-state index is 0.0159. The van der Waals surface area contributed by atoms with E-state index in [2.05, 4.69) is 0 Å². The van der Waals surface area contributed by atoms with Crippen LogP contribution in [-0.2, 0) is 30.3 Å². The van der Waals surface area contributed by atoms with Crippen LogP contribution in [-0.4, -0.2) is 55.4 Å². The highest BCUT2D eigenvalue weighted by atomic mass is 32.2. The molecule has 1 amide bonds. The van der Waals surface area contributed by atoms with Crippen molar-refractivity contribution in [2.24, 2.45) is 0 Å². The summed E-state index contributed by atoms with van der Waals surface area (Å²) in [5, 5.41) is 10.2. The summed E-state index contributed by atoms with van der Waals surface area (Å²) in [5.41, 5.74) is -0.820. The number of benzene rings is 2. The lowest BCUT2D eigenvalue weighted by Gasteiger charge is -2.27. The Labute approximate surface area is 188 Å². The summed E-state index contributed by atoms with van der Waals surface area (Å²) in [7, 11) is -3.98. The average molecular weight is 489 g/mol. The van der Waals surface area contributed by atoms with Crippen LogP contribution in [0.4, 0.5) is 13.2 Å². The molecule has 33 heavy (non-hydrogen) atoms. The second-order valence-corrected chi connectivity index (χ2v) is 9.83. The number of hydroxylamine groups is 2. The summed E-state index contributed by atoms with van der Waals surface area (Å²) in [6.45, 7) is 3.23. The van der Waals surface area contributed by atoms with Gasteiger partial charge in [0.05, 0.1) is 22.8 Å². The highest BCUT2D eigenvalue weighted by Gasteiger charge is 2.42. The minimum atomic E-state index is -4.47. The molecule has 1 aliphatic rings.